The van der Waals surface area contributed by atoms with Crippen LogP contribution in [-0.4, -0.2) is 19.9 Å². The van der Waals surface area contributed by atoms with E-state index in [4.69, 9.17) is 0 Å². The third kappa shape index (κ3) is 4.73. The van der Waals surface area contributed by atoms with Gasteiger partial charge in [-0.25, -0.2) is 0 Å². The van der Waals surface area contributed by atoms with Crippen LogP contribution in [0, 0.1) is 5.92 Å². The highest BCUT2D eigenvalue weighted by molar-refractivity contribution is 5.78. The Kier molecular flexibility index (Phi) is 5.75. The third-order valence-corrected chi connectivity index (χ3v) is 1.49. The second-order valence-corrected chi connectivity index (χ2v) is 2.77. The van der Waals surface area contributed by atoms with E-state index in [1.807, 2.05) is 20.2 Å². The first kappa shape index (κ1) is 10.4. The maximum Gasteiger partial charge on any atom is 0.0882 e. The van der Waals surface area contributed by atoms with Gasteiger partial charge in [-0.2, -0.15) is 0 Å². The maximum absolute atomic E-state index is 4.18. The molecule has 0 aliphatic heterocycles. The SMILES string of the molecule is C/C=C(\C=NCNC)C(C)C. The van der Waals surface area contributed by atoms with Crippen LogP contribution in [0.5, 0.6) is 0 Å². The smallest absolute Gasteiger partial charge is 0.0882 e. The fourth-order valence-electron chi connectivity index (χ4n) is 0.799. The minimum Gasteiger partial charge on any atom is -0.301 e. The summed E-state index contributed by atoms with van der Waals surface area (Å²) in [6.07, 6.45) is 4.03. The summed E-state index contributed by atoms with van der Waals surface area (Å²) in [6.45, 7) is 7.08. The molecule has 0 atom stereocenters. The second kappa shape index (κ2) is 6.10. The van der Waals surface area contributed by atoms with E-state index in [1.54, 1.807) is 0 Å². The molecule has 0 spiro atoms. The Morgan fingerprint density at radius 3 is 2.55 bits per heavy atom. The molecule has 0 saturated carbocycles. The molecule has 1 N–H and O–H groups in total. The van der Waals surface area contributed by atoms with E-state index in [9.17, 15) is 0 Å². The van der Waals surface area contributed by atoms with Crippen molar-refractivity contribution in [3.05, 3.63) is 11.6 Å². The van der Waals surface area contributed by atoms with Crippen LogP contribution < -0.4 is 5.32 Å². The summed E-state index contributed by atoms with van der Waals surface area (Å²) in [7, 11) is 1.89. The van der Waals surface area contributed by atoms with Gasteiger partial charge < -0.3 is 5.32 Å². The topological polar surface area (TPSA) is 24.4 Å². The number of hydrogen-bond donors (Lipinski definition) is 1. The van der Waals surface area contributed by atoms with E-state index in [1.165, 1.54) is 5.57 Å². The molecule has 0 saturated heterocycles. The highest BCUT2D eigenvalue weighted by Gasteiger charge is 1.96. The van der Waals surface area contributed by atoms with Crippen molar-refractivity contribution < 1.29 is 0 Å². The van der Waals surface area contributed by atoms with E-state index in [-0.39, 0.29) is 0 Å². The first-order chi connectivity index (χ1) is 5.22. The van der Waals surface area contributed by atoms with E-state index in [2.05, 4.69) is 30.2 Å². The molecular weight excluding hydrogens is 136 g/mol. The van der Waals surface area contributed by atoms with Gasteiger partial charge in [-0.3, -0.25) is 4.99 Å². The van der Waals surface area contributed by atoms with E-state index >= 15 is 0 Å². The van der Waals surface area contributed by atoms with Crippen LogP contribution >= 0.6 is 0 Å². The van der Waals surface area contributed by atoms with Crippen molar-refractivity contribution in [2.75, 3.05) is 13.7 Å². The molecule has 0 aliphatic carbocycles. The Morgan fingerprint density at radius 2 is 2.18 bits per heavy atom. The number of nitrogens with one attached hydrogen (secondary N) is 1. The number of aliphatic imine (C=N–C) groups is 1. The first-order valence-corrected chi connectivity index (χ1v) is 4.03. The molecule has 0 unspecified atom stereocenters. The molecule has 0 fully saturated rings. The predicted molar refractivity (Wildman–Crippen MR) is 51.0 cm³/mol. The van der Waals surface area contributed by atoms with Crippen molar-refractivity contribution >= 4 is 6.21 Å². The van der Waals surface area contributed by atoms with Crippen molar-refractivity contribution in [2.24, 2.45) is 10.9 Å². The molecule has 0 aromatic carbocycles. The fourth-order valence-corrected chi connectivity index (χ4v) is 0.799. The minimum atomic E-state index is 0.570. The van der Waals surface area contributed by atoms with Crippen molar-refractivity contribution in [1.29, 1.82) is 0 Å². The quantitative estimate of drug-likeness (QED) is 0.614. The highest BCUT2D eigenvalue weighted by Crippen LogP contribution is 2.05. The van der Waals surface area contributed by atoms with Gasteiger partial charge >= 0.3 is 0 Å². The Morgan fingerprint density at radius 1 is 1.55 bits per heavy atom. The van der Waals surface area contributed by atoms with Gasteiger partial charge in [-0.05, 0) is 25.5 Å². The molecule has 64 valence electrons. The van der Waals surface area contributed by atoms with Gasteiger partial charge in [-0.15, -0.1) is 0 Å². The molecule has 0 heterocycles. The van der Waals surface area contributed by atoms with Crippen molar-refractivity contribution in [2.45, 2.75) is 20.8 Å². The monoisotopic (exact) mass is 154 g/mol. The Hall–Kier alpha value is -0.630. The molecule has 0 rings (SSSR count). The van der Waals surface area contributed by atoms with Gasteiger partial charge in [0.05, 0.1) is 6.67 Å². The van der Waals surface area contributed by atoms with Crippen LogP contribution in [-0.2, 0) is 0 Å². The Labute approximate surface area is 69.4 Å². The number of nitrogens with zero attached hydrogens (tertiary/aromatic N) is 1. The molecule has 0 bridgehead atoms. The Balaban J connectivity index is 3.89. The zero-order chi connectivity index (χ0) is 8.69. The molecule has 2 heteroatoms. The third-order valence-electron chi connectivity index (χ3n) is 1.49. The van der Waals surface area contributed by atoms with Crippen molar-refractivity contribution in [1.82, 2.24) is 5.32 Å². The Bertz CT molecular complexity index is 146. The molecule has 0 aliphatic rings. The highest BCUT2D eigenvalue weighted by atomic mass is 15.0. The second-order valence-electron chi connectivity index (χ2n) is 2.77. The molecule has 0 radical (unpaired) electrons. The van der Waals surface area contributed by atoms with Crippen LogP contribution in [0.3, 0.4) is 0 Å². The van der Waals surface area contributed by atoms with Crippen LogP contribution in [0.4, 0.5) is 0 Å². The van der Waals surface area contributed by atoms with Gasteiger partial charge in [0, 0.05) is 6.21 Å². The molecule has 0 aromatic heterocycles. The van der Waals surface area contributed by atoms with Gasteiger partial charge in [0.1, 0.15) is 0 Å². The van der Waals surface area contributed by atoms with Gasteiger partial charge in [0.25, 0.3) is 0 Å². The maximum atomic E-state index is 4.18. The lowest BCUT2D eigenvalue weighted by atomic mass is 10.1. The summed E-state index contributed by atoms with van der Waals surface area (Å²) < 4.78 is 0. The lowest BCUT2D eigenvalue weighted by Gasteiger charge is -2.03. The molecular formula is C9H18N2. The minimum absolute atomic E-state index is 0.570. The van der Waals surface area contributed by atoms with E-state index in [0.29, 0.717) is 12.6 Å². The fraction of sp³-hybridized carbons (Fsp3) is 0.667. The number of hydrogen-bond acceptors (Lipinski definition) is 2. The van der Waals surface area contributed by atoms with Crippen LogP contribution in [0.1, 0.15) is 20.8 Å². The molecule has 2 nitrogen and oxygen atoms in total. The summed E-state index contributed by atoms with van der Waals surface area (Å²) in [6, 6.07) is 0. The standard InChI is InChI=1S/C9H18N2/c1-5-9(8(2)3)6-11-7-10-4/h5-6,8,10H,7H2,1-4H3/b9-5+,11-6?. The van der Waals surface area contributed by atoms with Gasteiger partial charge in [-0.1, -0.05) is 19.9 Å². The lowest BCUT2D eigenvalue weighted by molar-refractivity contribution is 0.796. The predicted octanol–water partition coefficient (Wildman–Crippen LogP) is 1.84. The van der Waals surface area contributed by atoms with Crippen LogP contribution in [0.15, 0.2) is 16.6 Å². The number of rotatable bonds is 4. The summed E-state index contributed by atoms with van der Waals surface area (Å²) in [5.41, 5.74) is 1.29. The van der Waals surface area contributed by atoms with Crippen molar-refractivity contribution in [3.63, 3.8) is 0 Å². The molecule has 0 amide bonds. The van der Waals surface area contributed by atoms with Crippen molar-refractivity contribution in [3.8, 4) is 0 Å². The average molecular weight is 154 g/mol. The van der Waals surface area contributed by atoms with Gasteiger partial charge in [0.2, 0.25) is 0 Å². The first-order valence-electron chi connectivity index (χ1n) is 4.03. The summed E-state index contributed by atoms with van der Waals surface area (Å²) in [4.78, 5) is 4.18. The number of allylic oxidation sites excluding steroid dienone is 2. The zero-order valence-corrected chi connectivity index (χ0v) is 7.89. The average Bonchev–Trinajstić information content (AvgIpc) is 1.97. The lowest BCUT2D eigenvalue weighted by Crippen LogP contribution is -2.05. The normalized spacial score (nSPS) is 13.4. The molecule has 0 aromatic rings. The largest absolute Gasteiger partial charge is 0.301 e. The van der Waals surface area contributed by atoms with E-state index in [0.717, 1.165) is 0 Å². The van der Waals surface area contributed by atoms with Crippen LogP contribution in [0.25, 0.3) is 0 Å². The van der Waals surface area contributed by atoms with Gasteiger partial charge in [0.15, 0.2) is 0 Å². The molecule has 11 heavy (non-hydrogen) atoms. The zero-order valence-electron chi connectivity index (χ0n) is 7.89. The summed E-state index contributed by atoms with van der Waals surface area (Å²) in [5.74, 6) is 0.570. The van der Waals surface area contributed by atoms with Crippen LogP contribution in [0.2, 0.25) is 0 Å². The summed E-state index contributed by atoms with van der Waals surface area (Å²) in [5, 5.41) is 2.96. The summed E-state index contributed by atoms with van der Waals surface area (Å²) >= 11 is 0. The van der Waals surface area contributed by atoms with E-state index < -0.39 is 0 Å².